The van der Waals surface area contributed by atoms with E-state index in [0.717, 1.165) is 23.3 Å². The van der Waals surface area contributed by atoms with Crippen molar-refractivity contribution in [3.8, 4) is 17.0 Å². The lowest BCUT2D eigenvalue weighted by Crippen LogP contribution is -2.41. The summed E-state index contributed by atoms with van der Waals surface area (Å²) in [5.74, 6) is 0.847. The number of benzene rings is 1. The third-order valence-electron chi connectivity index (χ3n) is 6.45. The minimum absolute atomic E-state index is 0. The second-order valence-corrected chi connectivity index (χ2v) is 11.7. The topological polar surface area (TPSA) is 128 Å². The minimum Gasteiger partial charge on any atom is -0.494 e. The Morgan fingerprint density at radius 2 is 1.92 bits per heavy atom. The molecule has 3 heterocycles. The van der Waals surface area contributed by atoms with Crippen molar-refractivity contribution in [2.24, 2.45) is 5.92 Å². The SMILES string of the molecule is CCOc1ccc(-c2nc(N3CC(C)CC3(C)C)c(C(=O)NS(=O)(=O)c3cccc(N)n3)cc2C)cc1.[HH]. The van der Waals surface area contributed by atoms with Gasteiger partial charge >= 0.3 is 0 Å². The molecule has 0 aliphatic carbocycles. The summed E-state index contributed by atoms with van der Waals surface area (Å²) in [6.45, 7) is 11.4. The Morgan fingerprint density at radius 1 is 1.22 bits per heavy atom. The molecule has 1 saturated heterocycles. The molecule has 1 atom stereocenters. The smallest absolute Gasteiger partial charge is 0.281 e. The van der Waals surface area contributed by atoms with Gasteiger partial charge in [-0.2, -0.15) is 8.42 Å². The number of hydrogen-bond donors (Lipinski definition) is 2. The van der Waals surface area contributed by atoms with Crippen molar-refractivity contribution >= 4 is 27.6 Å². The van der Waals surface area contributed by atoms with Crippen molar-refractivity contribution in [3.05, 3.63) is 59.7 Å². The summed E-state index contributed by atoms with van der Waals surface area (Å²) in [5.41, 5.74) is 7.88. The molecule has 1 unspecified atom stereocenters. The van der Waals surface area contributed by atoms with Crippen molar-refractivity contribution < 1.29 is 19.4 Å². The zero-order valence-electron chi connectivity index (χ0n) is 21.8. The molecule has 0 spiro atoms. The Morgan fingerprint density at radius 3 is 2.51 bits per heavy atom. The van der Waals surface area contributed by atoms with E-state index in [1.54, 1.807) is 6.07 Å². The maximum atomic E-state index is 13.5. The fourth-order valence-electron chi connectivity index (χ4n) is 4.91. The van der Waals surface area contributed by atoms with E-state index in [2.05, 4.69) is 35.4 Å². The Balaban J connectivity index is 0.00000400. The van der Waals surface area contributed by atoms with E-state index in [0.29, 0.717) is 30.6 Å². The van der Waals surface area contributed by atoms with Crippen LogP contribution in [0.3, 0.4) is 0 Å². The highest BCUT2D eigenvalue weighted by molar-refractivity contribution is 7.90. The predicted molar refractivity (Wildman–Crippen MR) is 146 cm³/mol. The van der Waals surface area contributed by atoms with Gasteiger partial charge in [-0.05, 0) is 88.1 Å². The predicted octanol–water partition coefficient (Wildman–Crippen LogP) is 4.42. The normalized spacial score (nSPS) is 17.0. The molecule has 1 fully saturated rings. The maximum Gasteiger partial charge on any atom is 0.281 e. The number of aromatic nitrogens is 2. The molecular weight excluding hydrogens is 490 g/mol. The first-order chi connectivity index (χ1) is 17.4. The number of rotatable bonds is 7. The van der Waals surface area contributed by atoms with Gasteiger partial charge in [0.25, 0.3) is 15.9 Å². The van der Waals surface area contributed by atoms with Crippen molar-refractivity contribution in [1.29, 1.82) is 0 Å². The summed E-state index contributed by atoms with van der Waals surface area (Å²) in [5, 5.41) is -0.326. The van der Waals surface area contributed by atoms with E-state index in [1.165, 1.54) is 18.2 Å². The van der Waals surface area contributed by atoms with E-state index in [9.17, 15) is 13.2 Å². The molecule has 0 radical (unpaired) electrons. The van der Waals surface area contributed by atoms with E-state index >= 15 is 0 Å². The quantitative estimate of drug-likeness (QED) is 0.464. The van der Waals surface area contributed by atoms with Gasteiger partial charge in [0.1, 0.15) is 17.4 Å². The van der Waals surface area contributed by atoms with Crippen LogP contribution in [0.4, 0.5) is 11.6 Å². The van der Waals surface area contributed by atoms with Crippen LogP contribution in [-0.4, -0.2) is 43.0 Å². The summed E-state index contributed by atoms with van der Waals surface area (Å²) in [7, 11) is -4.25. The molecule has 9 nitrogen and oxygen atoms in total. The van der Waals surface area contributed by atoms with Crippen LogP contribution in [0.5, 0.6) is 5.75 Å². The number of nitrogen functional groups attached to an aromatic ring is 1. The van der Waals surface area contributed by atoms with E-state index in [-0.39, 0.29) is 23.4 Å². The van der Waals surface area contributed by atoms with E-state index < -0.39 is 15.9 Å². The number of nitrogens with two attached hydrogens (primary N) is 1. The molecule has 2 aromatic heterocycles. The lowest BCUT2D eigenvalue weighted by molar-refractivity contribution is 0.0981. The van der Waals surface area contributed by atoms with E-state index in [4.69, 9.17) is 15.5 Å². The van der Waals surface area contributed by atoms with Crippen LogP contribution in [0, 0.1) is 12.8 Å². The Kier molecular flexibility index (Phi) is 7.14. The second kappa shape index (κ2) is 10.0. The third-order valence-corrected chi connectivity index (χ3v) is 7.68. The molecule has 1 aliphatic rings. The van der Waals surface area contributed by atoms with Gasteiger partial charge in [-0.25, -0.2) is 14.7 Å². The van der Waals surface area contributed by atoms with Gasteiger partial charge in [-0.15, -0.1) is 0 Å². The molecule has 1 aliphatic heterocycles. The highest BCUT2D eigenvalue weighted by Gasteiger charge is 2.39. The number of nitrogens with one attached hydrogen (secondary N) is 1. The summed E-state index contributed by atoms with van der Waals surface area (Å²) in [6.07, 6.45) is 0.910. The van der Waals surface area contributed by atoms with Crippen LogP contribution < -0.4 is 20.1 Å². The molecule has 1 amide bonds. The van der Waals surface area contributed by atoms with E-state index in [1.807, 2.05) is 38.1 Å². The van der Waals surface area contributed by atoms with Gasteiger partial charge in [0.05, 0.1) is 17.9 Å². The number of carbonyl (C=O) groups excluding carboxylic acids is 1. The molecule has 37 heavy (non-hydrogen) atoms. The van der Waals surface area contributed by atoms with Gasteiger partial charge < -0.3 is 15.4 Å². The molecule has 1 aromatic carbocycles. The number of anilines is 2. The van der Waals surface area contributed by atoms with Crippen molar-refractivity contribution in [2.75, 3.05) is 23.8 Å². The molecular formula is C27H35N5O4S. The Labute approximate surface area is 219 Å². The first kappa shape index (κ1) is 26.4. The highest BCUT2D eigenvalue weighted by Crippen LogP contribution is 2.39. The lowest BCUT2D eigenvalue weighted by Gasteiger charge is -2.34. The second-order valence-electron chi connectivity index (χ2n) is 10.1. The number of nitrogens with zero attached hydrogens (tertiary/aromatic N) is 3. The number of pyridine rings is 2. The zero-order chi connectivity index (χ0) is 27.0. The third kappa shape index (κ3) is 5.53. The monoisotopic (exact) mass is 525 g/mol. The first-order valence-electron chi connectivity index (χ1n) is 12.2. The number of amides is 1. The molecule has 0 saturated carbocycles. The van der Waals surface area contributed by atoms with Crippen LogP contribution in [0.15, 0.2) is 53.6 Å². The molecule has 3 N–H and O–H groups in total. The maximum absolute atomic E-state index is 13.5. The number of carbonyl (C=O) groups is 1. The van der Waals surface area contributed by atoms with Gasteiger partial charge in [-0.3, -0.25) is 4.79 Å². The van der Waals surface area contributed by atoms with Gasteiger partial charge in [0, 0.05) is 19.1 Å². The summed E-state index contributed by atoms with van der Waals surface area (Å²) in [4.78, 5) is 24.4. The summed E-state index contributed by atoms with van der Waals surface area (Å²) in [6, 6.07) is 13.6. The zero-order valence-corrected chi connectivity index (χ0v) is 22.6. The fraction of sp³-hybridized carbons (Fsp3) is 0.370. The number of sulfonamides is 1. The average molecular weight is 526 g/mol. The van der Waals surface area contributed by atoms with Crippen LogP contribution in [0.2, 0.25) is 0 Å². The number of aryl methyl sites for hydroxylation is 1. The number of hydrogen-bond acceptors (Lipinski definition) is 8. The highest BCUT2D eigenvalue weighted by atomic mass is 32.2. The van der Waals surface area contributed by atoms with Gasteiger partial charge in [0.15, 0.2) is 5.03 Å². The largest absolute Gasteiger partial charge is 0.494 e. The first-order valence-corrected chi connectivity index (χ1v) is 13.7. The lowest BCUT2D eigenvalue weighted by atomic mass is 9.97. The van der Waals surface area contributed by atoms with Crippen LogP contribution >= 0.6 is 0 Å². The molecule has 198 valence electrons. The van der Waals surface area contributed by atoms with Crippen LogP contribution in [0.25, 0.3) is 11.3 Å². The summed E-state index contributed by atoms with van der Waals surface area (Å²) < 4.78 is 33.6. The molecule has 3 aromatic rings. The fourth-order valence-corrected chi connectivity index (χ4v) is 5.86. The number of ether oxygens (including phenoxy) is 1. The van der Waals surface area contributed by atoms with Gasteiger partial charge in [0.2, 0.25) is 0 Å². The minimum atomic E-state index is -4.25. The molecule has 4 rings (SSSR count). The van der Waals surface area contributed by atoms with Crippen LogP contribution in [0.1, 0.15) is 51.5 Å². The molecule has 10 heteroatoms. The standard InChI is InChI=1S/C27H33N5O4S.H2/c1-6-36-20-12-10-19(11-13-20)24-18(3)14-21(25(30-24)32-16-17(2)15-27(32,4)5)26(33)31-37(34,35)23-9-7-8-22(28)29-23;/h7-14,17H,6,15-16H2,1-5H3,(H2,28,29)(H,31,33);1H. The van der Waals surface area contributed by atoms with Gasteiger partial charge in [-0.1, -0.05) is 13.0 Å². The average Bonchev–Trinajstić information content (AvgIpc) is 3.11. The van der Waals surface area contributed by atoms with Crippen molar-refractivity contribution in [3.63, 3.8) is 0 Å². The van der Waals surface area contributed by atoms with Crippen molar-refractivity contribution in [2.45, 2.75) is 51.6 Å². The Hall–Kier alpha value is -3.66. The summed E-state index contributed by atoms with van der Waals surface area (Å²) >= 11 is 0. The Bertz CT molecular complexity index is 1430. The van der Waals surface area contributed by atoms with Crippen molar-refractivity contribution in [1.82, 2.24) is 14.7 Å². The molecule has 0 bridgehead atoms. The van der Waals surface area contributed by atoms with Crippen LogP contribution in [-0.2, 0) is 10.0 Å².